The van der Waals surface area contributed by atoms with Gasteiger partial charge in [0.1, 0.15) is 12.1 Å². The maximum atomic E-state index is 8.49. The second-order valence-corrected chi connectivity index (χ2v) is 2.49. The first-order valence-corrected chi connectivity index (χ1v) is 3.83. The molecule has 0 aliphatic carbocycles. The highest BCUT2D eigenvalue weighted by Crippen LogP contribution is 2.12. The standard InChI is InChI=1S/C10H7NO2/c12-5-1-2-8-3-4-10-9(6-8)11-7-13-10/h3-4,6-7,12H,5H2. The van der Waals surface area contributed by atoms with Crippen molar-refractivity contribution in [3.05, 3.63) is 30.2 Å². The summed E-state index contributed by atoms with van der Waals surface area (Å²) < 4.78 is 5.07. The topological polar surface area (TPSA) is 46.3 Å². The van der Waals surface area contributed by atoms with Gasteiger partial charge in [0, 0.05) is 5.56 Å². The highest BCUT2D eigenvalue weighted by molar-refractivity contribution is 5.73. The predicted octanol–water partition coefficient (Wildman–Crippen LogP) is 1.17. The van der Waals surface area contributed by atoms with Crippen LogP contribution in [0.1, 0.15) is 5.56 Å². The molecule has 3 nitrogen and oxygen atoms in total. The van der Waals surface area contributed by atoms with Crippen molar-refractivity contribution in [2.24, 2.45) is 0 Å². The van der Waals surface area contributed by atoms with Crippen LogP contribution < -0.4 is 0 Å². The van der Waals surface area contributed by atoms with E-state index in [0.717, 1.165) is 16.7 Å². The molecule has 0 aliphatic heterocycles. The number of oxazole rings is 1. The van der Waals surface area contributed by atoms with Gasteiger partial charge in [-0.15, -0.1) is 0 Å². The van der Waals surface area contributed by atoms with Gasteiger partial charge in [0.2, 0.25) is 0 Å². The molecular weight excluding hydrogens is 166 g/mol. The smallest absolute Gasteiger partial charge is 0.181 e. The van der Waals surface area contributed by atoms with Crippen molar-refractivity contribution in [3.63, 3.8) is 0 Å². The summed E-state index contributed by atoms with van der Waals surface area (Å²) in [5.74, 6) is 5.36. The average Bonchev–Trinajstić information content (AvgIpc) is 2.61. The van der Waals surface area contributed by atoms with Crippen LogP contribution in [0, 0.1) is 11.8 Å². The highest BCUT2D eigenvalue weighted by Gasteiger charge is 1.97. The lowest BCUT2D eigenvalue weighted by molar-refractivity contribution is 0.350. The largest absolute Gasteiger partial charge is 0.443 e. The summed E-state index contributed by atoms with van der Waals surface area (Å²) in [4.78, 5) is 3.99. The van der Waals surface area contributed by atoms with E-state index < -0.39 is 0 Å². The fraction of sp³-hybridized carbons (Fsp3) is 0.100. The number of benzene rings is 1. The lowest BCUT2D eigenvalue weighted by Crippen LogP contribution is -1.76. The lowest BCUT2D eigenvalue weighted by Gasteiger charge is -1.88. The van der Waals surface area contributed by atoms with Crippen molar-refractivity contribution >= 4 is 11.1 Å². The zero-order valence-corrected chi connectivity index (χ0v) is 6.82. The molecule has 13 heavy (non-hydrogen) atoms. The summed E-state index contributed by atoms with van der Waals surface area (Å²) in [5, 5.41) is 8.49. The third-order valence-electron chi connectivity index (χ3n) is 1.64. The summed E-state index contributed by atoms with van der Waals surface area (Å²) in [5.41, 5.74) is 2.36. The summed E-state index contributed by atoms with van der Waals surface area (Å²) in [6.45, 7) is -0.128. The van der Waals surface area contributed by atoms with E-state index in [4.69, 9.17) is 9.52 Å². The molecule has 0 spiro atoms. The molecule has 0 amide bonds. The van der Waals surface area contributed by atoms with Gasteiger partial charge in [0.25, 0.3) is 0 Å². The molecule has 3 heteroatoms. The maximum absolute atomic E-state index is 8.49. The average molecular weight is 173 g/mol. The van der Waals surface area contributed by atoms with Crippen molar-refractivity contribution in [1.82, 2.24) is 4.98 Å². The van der Waals surface area contributed by atoms with E-state index in [-0.39, 0.29) is 6.61 Å². The van der Waals surface area contributed by atoms with Crippen molar-refractivity contribution in [2.75, 3.05) is 6.61 Å². The van der Waals surface area contributed by atoms with Crippen LogP contribution in [0.25, 0.3) is 11.1 Å². The first kappa shape index (κ1) is 7.84. The first-order chi connectivity index (χ1) is 6.40. The van der Waals surface area contributed by atoms with Crippen molar-refractivity contribution in [3.8, 4) is 11.8 Å². The van der Waals surface area contributed by atoms with Crippen LogP contribution in [0.5, 0.6) is 0 Å². The molecule has 0 unspecified atom stereocenters. The minimum Gasteiger partial charge on any atom is -0.443 e. The summed E-state index contributed by atoms with van der Waals surface area (Å²) in [6, 6.07) is 5.46. The fourth-order valence-corrected chi connectivity index (χ4v) is 1.08. The third-order valence-corrected chi connectivity index (χ3v) is 1.64. The van der Waals surface area contributed by atoms with Crippen molar-refractivity contribution in [1.29, 1.82) is 0 Å². The SMILES string of the molecule is OCC#Cc1ccc2ocnc2c1. The molecule has 0 radical (unpaired) electrons. The summed E-state index contributed by atoms with van der Waals surface area (Å²) in [7, 11) is 0. The van der Waals surface area contributed by atoms with E-state index in [0.29, 0.717) is 0 Å². The molecule has 1 aromatic heterocycles. The van der Waals surface area contributed by atoms with Gasteiger partial charge >= 0.3 is 0 Å². The Morgan fingerprint density at radius 1 is 1.46 bits per heavy atom. The van der Waals surface area contributed by atoms with E-state index in [9.17, 15) is 0 Å². The number of rotatable bonds is 0. The zero-order chi connectivity index (χ0) is 9.10. The van der Waals surface area contributed by atoms with Gasteiger partial charge in [-0.25, -0.2) is 4.98 Å². The van der Waals surface area contributed by atoms with E-state index in [2.05, 4.69) is 16.8 Å². The number of hydrogen-bond acceptors (Lipinski definition) is 3. The molecule has 1 aromatic carbocycles. The first-order valence-electron chi connectivity index (χ1n) is 3.83. The number of aliphatic hydroxyl groups excluding tert-OH is 1. The number of nitrogens with zero attached hydrogens (tertiary/aromatic N) is 1. The number of aromatic nitrogens is 1. The predicted molar refractivity (Wildman–Crippen MR) is 48.0 cm³/mol. The lowest BCUT2D eigenvalue weighted by atomic mass is 10.2. The second kappa shape index (κ2) is 3.30. The molecule has 0 saturated carbocycles. The van der Waals surface area contributed by atoms with Gasteiger partial charge in [-0.05, 0) is 18.2 Å². The molecule has 0 saturated heterocycles. The molecule has 0 atom stereocenters. The monoisotopic (exact) mass is 173 g/mol. The Morgan fingerprint density at radius 3 is 3.23 bits per heavy atom. The van der Waals surface area contributed by atoms with Crippen LogP contribution in [-0.2, 0) is 0 Å². The van der Waals surface area contributed by atoms with Gasteiger partial charge in [0.15, 0.2) is 12.0 Å². The zero-order valence-electron chi connectivity index (χ0n) is 6.82. The van der Waals surface area contributed by atoms with Crippen LogP contribution in [0.4, 0.5) is 0 Å². The molecule has 2 rings (SSSR count). The Morgan fingerprint density at radius 2 is 2.38 bits per heavy atom. The molecule has 0 fully saturated rings. The van der Waals surface area contributed by atoms with Crippen molar-refractivity contribution in [2.45, 2.75) is 0 Å². The minimum absolute atomic E-state index is 0.128. The van der Waals surface area contributed by atoms with Crippen LogP contribution in [0.15, 0.2) is 29.0 Å². The Bertz CT molecular complexity index is 476. The van der Waals surface area contributed by atoms with Gasteiger partial charge in [0.05, 0.1) is 0 Å². The van der Waals surface area contributed by atoms with Crippen molar-refractivity contribution < 1.29 is 9.52 Å². The Hall–Kier alpha value is -1.79. The molecule has 64 valence electrons. The highest BCUT2D eigenvalue weighted by atomic mass is 16.3. The van der Waals surface area contributed by atoms with E-state index in [1.807, 2.05) is 18.2 Å². The van der Waals surface area contributed by atoms with Crippen LogP contribution in [0.2, 0.25) is 0 Å². The normalized spacial score (nSPS) is 9.62. The fourth-order valence-electron chi connectivity index (χ4n) is 1.08. The summed E-state index contributed by atoms with van der Waals surface area (Å²) in [6.07, 6.45) is 1.40. The Kier molecular flexibility index (Phi) is 1.99. The molecular formula is C10H7NO2. The Balaban J connectivity index is 2.48. The molecule has 1 heterocycles. The third kappa shape index (κ3) is 1.53. The number of hydrogen-bond donors (Lipinski definition) is 1. The second-order valence-electron chi connectivity index (χ2n) is 2.49. The van der Waals surface area contributed by atoms with E-state index in [1.165, 1.54) is 6.39 Å². The molecule has 0 bridgehead atoms. The van der Waals surface area contributed by atoms with Gasteiger partial charge < -0.3 is 9.52 Å². The van der Waals surface area contributed by atoms with Crippen LogP contribution in [0.3, 0.4) is 0 Å². The van der Waals surface area contributed by atoms with Crippen LogP contribution >= 0.6 is 0 Å². The van der Waals surface area contributed by atoms with E-state index >= 15 is 0 Å². The van der Waals surface area contributed by atoms with Gasteiger partial charge in [-0.2, -0.15) is 0 Å². The minimum atomic E-state index is -0.128. The van der Waals surface area contributed by atoms with Gasteiger partial charge in [-0.1, -0.05) is 11.8 Å². The molecule has 2 aromatic rings. The molecule has 1 N–H and O–H groups in total. The number of fused-ring (bicyclic) bond motifs is 1. The quantitative estimate of drug-likeness (QED) is 0.608. The summed E-state index contributed by atoms with van der Waals surface area (Å²) >= 11 is 0. The van der Waals surface area contributed by atoms with Crippen LogP contribution in [-0.4, -0.2) is 16.7 Å². The van der Waals surface area contributed by atoms with E-state index in [1.54, 1.807) is 0 Å². The Labute approximate surface area is 75.0 Å². The van der Waals surface area contributed by atoms with Gasteiger partial charge in [-0.3, -0.25) is 0 Å². The maximum Gasteiger partial charge on any atom is 0.181 e. The number of aliphatic hydroxyl groups is 1. The molecule has 0 aliphatic rings.